The van der Waals surface area contributed by atoms with Gasteiger partial charge in [-0.2, -0.15) is 0 Å². The lowest BCUT2D eigenvalue weighted by molar-refractivity contribution is -0.121. The van der Waals surface area contributed by atoms with Crippen LogP contribution in [0.4, 0.5) is 0 Å². The van der Waals surface area contributed by atoms with Crippen molar-refractivity contribution in [1.82, 2.24) is 10.2 Å². The molecule has 116 valence electrons. The van der Waals surface area contributed by atoms with Gasteiger partial charge in [0.05, 0.1) is 12.1 Å². The lowest BCUT2D eigenvalue weighted by Gasteiger charge is -2.16. The first-order valence-electron chi connectivity index (χ1n) is 7.31. The van der Waals surface area contributed by atoms with Crippen molar-refractivity contribution < 1.29 is 14.7 Å². The summed E-state index contributed by atoms with van der Waals surface area (Å²) in [6, 6.07) is 6.98. The van der Waals surface area contributed by atoms with E-state index in [1.165, 1.54) is 0 Å². The molecule has 0 saturated carbocycles. The molecule has 21 heavy (non-hydrogen) atoms. The quantitative estimate of drug-likeness (QED) is 0.681. The highest BCUT2D eigenvalue weighted by Crippen LogP contribution is 2.09. The summed E-state index contributed by atoms with van der Waals surface area (Å²) in [5, 5.41) is 12.0. The van der Waals surface area contributed by atoms with E-state index in [2.05, 4.69) is 12.2 Å². The van der Waals surface area contributed by atoms with Gasteiger partial charge in [-0.3, -0.25) is 9.69 Å². The van der Waals surface area contributed by atoms with E-state index in [1.807, 2.05) is 24.1 Å². The van der Waals surface area contributed by atoms with Crippen molar-refractivity contribution in [3.63, 3.8) is 0 Å². The van der Waals surface area contributed by atoms with Crippen LogP contribution >= 0.6 is 0 Å². The molecule has 5 nitrogen and oxygen atoms in total. The molecule has 0 aliphatic heterocycles. The molecule has 2 N–H and O–H groups in total. The Labute approximate surface area is 126 Å². The fourth-order valence-corrected chi connectivity index (χ4v) is 2.04. The Kier molecular flexibility index (Phi) is 7.46. The van der Waals surface area contributed by atoms with Crippen LogP contribution in [0.5, 0.6) is 0 Å². The first kappa shape index (κ1) is 17.2. The minimum atomic E-state index is -0.912. The normalized spacial score (nSPS) is 10.6. The summed E-state index contributed by atoms with van der Waals surface area (Å²) in [5.41, 5.74) is 1.13. The monoisotopic (exact) mass is 292 g/mol. The van der Waals surface area contributed by atoms with Crippen LogP contribution in [0.1, 0.15) is 35.7 Å². The van der Waals surface area contributed by atoms with Gasteiger partial charge < -0.3 is 10.4 Å². The molecule has 0 aliphatic rings. The van der Waals surface area contributed by atoms with Gasteiger partial charge in [-0.1, -0.05) is 31.5 Å². The second-order valence-corrected chi connectivity index (χ2v) is 5.15. The minimum absolute atomic E-state index is 0.0115. The highest BCUT2D eigenvalue weighted by Gasteiger charge is 2.11. The number of hydrogen-bond donors (Lipinski definition) is 2. The number of carboxylic acid groups (broad SMARTS) is 1. The minimum Gasteiger partial charge on any atom is -0.478 e. The number of rotatable bonds is 9. The predicted octanol–water partition coefficient (Wildman–Crippen LogP) is 1.78. The second kappa shape index (κ2) is 9.13. The summed E-state index contributed by atoms with van der Waals surface area (Å²) < 4.78 is 0. The van der Waals surface area contributed by atoms with Gasteiger partial charge in [0.15, 0.2) is 0 Å². The van der Waals surface area contributed by atoms with Crippen molar-refractivity contribution in [2.45, 2.75) is 26.2 Å². The molecule has 5 heteroatoms. The van der Waals surface area contributed by atoms with Crippen molar-refractivity contribution >= 4 is 11.9 Å². The molecular formula is C16H24N2O3. The zero-order valence-electron chi connectivity index (χ0n) is 12.8. The Balaban J connectivity index is 2.41. The number of nitrogens with zero attached hydrogens (tertiary/aromatic N) is 1. The third kappa shape index (κ3) is 6.40. The van der Waals surface area contributed by atoms with Crippen molar-refractivity contribution in [3.05, 3.63) is 35.4 Å². The number of hydrogen-bond acceptors (Lipinski definition) is 3. The number of benzene rings is 1. The van der Waals surface area contributed by atoms with E-state index in [0.29, 0.717) is 31.6 Å². The van der Waals surface area contributed by atoms with Crippen LogP contribution in [0.25, 0.3) is 0 Å². The maximum absolute atomic E-state index is 11.7. The van der Waals surface area contributed by atoms with Crippen LogP contribution in [0.2, 0.25) is 0 Å². The van der Waals surface area contributed by atoms with Gasteiger partial charge in [-0.05, 0) is 31.5 Å². The van der Waals surface area contributed by atoms with Crippen molar-refractivity contribution in [3.8, 4) is 0 Å². The summed E-state index contributed by atoms with van der Waals surface area (Å²) >= 11 is 0. The van der Waals surface area contributed by atoms with Crippen LogP contribution in [-0.2, 0) is 11.2 Å². The van der Waals surface area contributed by atoms with E-state index in [0.717, 1.165) is 18.4 Å². The molecule has 0 aromatic heterocycles. The molecule has 0 heterocycles. The van der Waals surface area contributed by atoms with Gasteiger partial charge in [0.2, 0.25) is 5.91 Å². The summed E-state index contributed by atoms with van der Waals surface area (Å²) in [4.78, 5) is 24.7. The largest absolute Gasteiger partial charge is 0.478 e. The van der Waals surface area contributed by atoms with E-state index >= 15 is 0 Å². The Hall–Kier alpha value is -1.88. The molecule has 0 radical (unpaired) electrons. The molecule has 0 fully saturated rings. The highest BCUT2D eigenvalue weighted by molar-refractivity contribution is 5.89. The topological polar surface area (TPSA) is 69.6 Å². The number of carbonyl (C=O) groups is 2. The van der Waals surface area contributed by atoms with Gasteiger partial charge >= 0.3 is 5.97 Å². The van der Waals surface area contributed by atoms with Crippen molar-refractivity contribution in [1.29, 1.82) is 0 Å². The van der Waals surface area contributed by atoms with E-state index in [1.54, 1.807) is 12.1 Å². The number of carbonyl (C=O) groups excluding carboxylic acids is 1. The maximum atomic E-state index is 11.7. The smallest absolute Gasteiger partial charge is 0.335 e. The van der Waals surface area contributed by atoms with Crippen molar-refractivity contribution in [2.75, 3.05) is 26.7 Å². The first-order valence-corrected chi connectivity index (χ1v) is 7.31. The standard InChI is InChI=1S/C16H24N2O3/c1-3-4-10-17-15(19)12-18(2)11-9-13-7-5-6-8-14(13)16(20)21/h5-8H,3-4,9-12H2,1-2H3,(H,17,19)(H,20,21). The molecule has 0 unspecified atom stereocenters. The first-order chi connectivity index (χ1) is 10.0. The van der Waals surface area contributed by atoms with Crippen LogP contribution < -0.4 is 5.32 Å². The number of amides is 1. The lowest BCUT2D eigenvalue weighted by atomic mass is 10.0. The van der Waals surface area contributed by atoms with E-state index in [9.17, 15) is 9.59 Å². The molecule has 1 aromatic carbocycles. The summed E-state index contributed by atoms with van der Waals surface area (Å²) in [7, 11) is 1.86. The van der Waals surface area contributed by atoms with E-state index < -0.39 is 5.97 Å². The number of nitrogens with one attached hydrogen (secondary N) is 1. The summed E-state index contributed by atoms with van der Waals surface area (Å²) in [6.07, 6.45) is 2.66. The van der Waals surface area contributed by atoms with E-state index in [4.69, 9.17) is 5.11 Å². The van der Waals surface area contributed by atoms with E-state index in [-0.39, 0.29) is 5.91 Å². The molecule has 1 rings (SSSR count). The van der Waals surface area contributed by atoms with Crippen molar-refractivity contribution in [2.24, 2.45) is 0 Å². The van der Waals surface area contributed by atoms with Gasteiger partial charge in [0, 0.05) is 13.1 Å². The molecule has 0 bridgehead atoms. The Morgan fingerprint density at radius 1 is 1.29 bits per heavy atom. The zero-order chi connectivity index (χ0) is 15.7. The summed E-state index contributed by atoms with van der Waals surface area (Å²) in [6.45, 7) is 3.77. The van der Waals surface area contributed by atoms with Gasteiger partial charge in [0.25, 0.3) is 0 Å². The fraction of sp³-hybridized carbons (Fsp3) is 0.500. The number of unbranched alkanes of at least 4 members (excludes halogenated alkanes) is 1. The number of likely N-dealkylation sites (N-methyl/N-ethyl adjacent to an activating group) is 1. The third-order valence-corrected chi connectivity index (χ3v) is 3.28. The Morgan fingerprint density at radius 3 is 2.67 bits per heavy atom. The zero-order valence-corrected chi connectivity index (χ0v) is 12.8. The number of aromatic carboxylic acids is 1. The van der Waals surface area contributed by atoms with Crippen LogP contribution in [0.15, 0.2) is 24.3 Å². The van der Waals surface area contributed by atoms with Gasteiger partial charge in [-0.25, -0.2) is 4.79 Å². The average molecular weight is 292 g/mol. The Morgan fingerprint density at radius 2 is 2.00 bits per heavy atom. The molecule has 0 atom stereocenters. The second-order valence-electron chi connectivity index (χ2n) is 5.15. The molecule has 1 amide bonds. The average Bonchev–Trinajstić information content (AvgIpc) is 2.45. The maximum Gasteiger partial charge on any atom is 0.335 e. The summed E-state index contributed by atoms with van der Waals surface area (Å²) in [5.74, 6) is -0.900. The third-order valence-electron chi connectivity index (χ3n) is 3.28. The highest BCUT2D eigenvalue weighted by atomic mass is 16.4. The fourth-order valence-electron chi connectivity index (χ4n) is 2.04. The molecule has 0 saturated heterocycles. The molecular weight excluding hydrogens is 268 g/mol. The SMILES string of the molecule is CCCCNC(=O)CN(C)CCc1ccccc1C(=O)O. The number of carboxylic acids is 1. The van der Waals surface area contributed by atoms with Gasteiger partial charge in [0.1, 0.15) is 0 Å². The Bertz CT molecular complexity index is 474. The van der Waals surface area contributed by atoms with Crippen LogP contribution in [0.3, 0.4) is 0 Å². The van der Waals surface area contributed by atoms with Crippen LogP contribution in [0, 0.1) is 0 Å². The predicted molar refractivity (Wildman–Crippen MR) is 82.5 cm³/mol. The van der Waals surface area contributed by atoms with Gasteiger partial charge in [-0.15, -0.1) is 0 Å². The molecule has 0 aliphatic carbocycles. The van der Waals surface area contributed by atoms with Crippen LogP contribution in [-0.4, -0.2) is 48.6 Å². The molecule has 0 spiro atoms. The lowest BCUT2D eigenvalue weighted by Crippen LogP contribution is -2.36. The molecule has 1 aromatic rings.